The van der Waals surface area contributed by atoms with E-state index in [1.54, 1.807) is 6.07 Å². The van der Waals surface area contributed by atoms with E-state index in [9.17, 15) is 4.39 Å². The van der Waals surface area contributed by atoms with Gasteiger partial charge >= 0.3 is 0 Å². The van der Waals surface area contributed by atoms with Crippen molar-refractivity contribution in [2.75, 3.05) is 5.73 Å². The maximum atomic E-state index is 12.8. The fourth-order valence-electron chi connectivity index (χ4n) is 0.770. The number of halogens is 1. The van der Waals surface area contributed by atoms with Gasteiger partial charge in [-0.15, -0.1) is 0 Å². The highest BCUT2D eigenvalue weighted by Gasteiger charge is 2.00. The maximum absolute atomic E-state index is 12.8. The number of nitrogens with two attached hydrogens (primary N) is 2. The molecule has 11 heavy (non-hydrogen) atoms. The molecule has 0 bridgehead atoms. The second-order valence-electron chi connectivity index (χ2n) is 2.16. The summed E-state index contributed by atoms with van der Waals surface area (Å²) in [6.07, 6.45) is 0. The summed E-state index contributed by atoms with van der Waals surface area (Å²) in [5.41, 5.74) is 6.11. The van der Waals surface area contributed by atoms with Crippen LogP contribution in [-0.2, 0) is 11.4 Å². The van der Waals surface area contributed by atoms with Crippen LogP contribution in [0.4, 0.5) is 10.1 Å². The zero-order valence-corrected chi connectivity index (χ0v) is 5.88. The number of nitrogen functional groups attached to an aromatic ring is 1. The van der Waals surface area contributed by atoms with Gasteiger partial charge in [0.15, 0.2) is 0 Å². The summed E-state index contributed by atoms with van der Waals surface area (Å²) >= 11 is 0. The molecule has 0 amide bonds. The van der Waals surface area contributed by atoms with Crippen LogP contribution in [0.3, 0.4) is 0 Å². The molecule has 0 atom stereocenters. The topological polar surface area (TPSA) is 61.3 Å². The van der Waals surface area contributed by atoms with Gasteiger partial charge in [-0.25, -0.2) is 10.3 Å². The second kappa shape index (κ2) is 3.32. The molecule has 0 spiro atoms. The highest BCUT2D eigenvalue weighted by molar-refractivity contribution is 5.40. The van der Waals surface area contributed by atoms with Crippen LogP contribution in [-0.4, -0.2) is 0 Å². The molecule has 0 heterocycles. The lowest BCUT2D eigenvalue weighted by Gasteiger charge is -2.00. The molecule has 0 aromatic heterocycles. The Labute approximate surface area is 63.7 Å². The molecule has 1 aromatic carbocycles. The molecule has 0 aliphatic rings. The standard InChI is InChI=1S/C7H9FN2O/c8-7-3-6(9)2-1-5(7)4-11-10/h1-3H,4,9-10H2. The lowest BCUT2D eigenvalue weighted by atomic mass is 10.2. The third kappa shape index (κ3) is 1.89. The molecule has 60 valence electrons. The predicted octanol–water partition coefficient (Wildman–Crippen LogP) is 0.798. The average Bonchev–Trinajstić information content (AvgIpc) is 1.95. The lowest BCUT2D eigenvalue weighted by molar-refractivity contribution is 0.121. The molecule has 0 radical (unpaired) electrons. The van der Waals surface area contributed by atoms with Crippen molar-refractivity contribution in [2.45, 2.75) is 6.61 Å². The van der Waals surface area contributed by atoms with Gasteiger partial charge < -0.3 is 5.73 Å². The summed E-state index contributed by atoms with van der Waals surface area (Å²) in [5.74, 6) is 4.38. The number of anilines is 1. The number of benzene rings is 1. The molecular weight excluding hydrogens is 147 g/mol. The normalized spacial score (nSPS) is 10.0. The van der Waals surface area contributed by atoms with Gasteiger partial charge in [0.25, 0.3) is 0 Å². The Kier molecular flexibility index (Phi) is 2.40. The highest BCUT2D eigenvalue weighted by Crippen LogP contribution is 2.11. The fourth-order valence-corrected chi connectivity index (χ4v) is 0.770. The Hall–Kier alpha value is -1.13. The van der Waals surface area contributed by atoms with E-state index in [0.717, 1.165) is 0 Å². The predicted molar refractivity (Wildman–Crippen MR) is 39.8 cm³/mol. The van der Waals surface area contributed by atoms with Crippen molar-refractivity contribution in [1.29, 1.82) is 0 Å². The monoisotopic (exact) mass is 156 g/mol. The van der Waals surface area contributed by atoms with Crippen LogP contribution in [0.2, 0.25) is 0 Å². The molecule has 0 saturated carbocycles. The highest BCUT2D eigenvalue weighted by atomic mass is 19.1. The van der Waals surface area contributed by atoms with Crippen LogP contribution in [0.1, 0.15) is 5.56 Å². The van der Waals surface area contributed by atoms with E-state index in [2.05, 4.69) is 4.84 Å². The maximum Gasteiger partial charge on any atom is 0.130 e. The van der Waals surface area contributed by atoms with Crippen LogP contribution in [0.25, 0.3) is 0 Å². The van der Waals surface area contributed by atoms with Gasteiger partial charge in [-0.3, -0.25) is 4.84 Å². The molecule has 0 unspecified atom stereocenters. The van der Waals surface area contributed by atoms with Crippen LogP contribution in [0, 0.1) is 5.82 Å². The summed E-state index contributed by atoms with van der Waals surface area (Å²) in [4.78, 5) is 4.27. The first kappa shape index (κ1) is 7.97. The van der Waals surface area contributed by atoms with E-state index in [4.69, 9.17) is 11.6 Å². The van der Waals surface area contributed by atoms with Crippen LogP contribution < -0.4 is 11.6 Å². The van der Waals surface area contributed by atoms with Crippen molar-refractivity contribution < 1.29 is 9.23 Å². The van der Waals surface area contributed by atoms with Gasteiger partial charge in [-0.2, -0.15) is 0 Å². The molecule has 4 heteroatoms. The third-order valence-corrected chi connectivity index (χ3v) is 1.32. The Morgan fingerprint density at radius 1 is 1.45 bits per heavy atom. The van der Waals surface area contributed by atoms with Crippen LogP contribution in [0.5, 0.6) is 0 Å². The number of rotatable bonds is 2. The summed E-state index contributed by atoms with van der Waals surface area (Å²) in [6, 6.07) is 4.36. The van der Waals surface area contributed by atoms with Gasteiger partial charge in [0, 0.05) is 11.3 Å². The van der Waals surface area contributed by atoms with E-state index < -0.39 is 5.82 Å². The van der Waals surface area contributed by atoms with E-state index in [1.807, 2.05) is 0 Å². The second-order valence-corrected chi connectivity index (χ2v) is 2.16. The quantitative estimate of drug-likeness (QED) is 0.491. The molecule has 0 aliphatic heterocycles. The van der Waals surface area contributed by atoms with E-state index in [1.165, 1.54) is 12.1 Å². The van der Waals surface area contributed by atoms with E-state index in [-0.39, 0.29) is 6.61 Å². The Balaban J connectivity index is 2.90. The zero-order valence-electron chi connectivity index (χ0n) is 5.88. The number of hydrogen-bond acceptors (Lipinski definition) is 3. The van der Waals surface area contributed by atoms with E-state index in [0.29, 0.717) is 11.3 Å². The first-order valence-electron chi connectivity index (χ1n) is 3.09. The molecule has 3 nitrogen and oxygen atoms in total. The molecular formula is C7H9FN2O. The van der Waals surface area contributed by atoms with Crippen molar-refractivity contribution in [3.05, 3.63) is 29.6 Å². The van der Waals surface area contributed by atoms with Crippen molar-refractivity contribution in [3.8, 4) is 0 Å². The minimum absolute atomic E-state index is 0.0616. The van der Waals surface area contributed by atoms with Crippen LogP contribution in [0.15, 0.2) is 18.2 Å². The van der Waals surface area contributed by atoms with E-state index >= 15 is 0 Å². The largest absolute Gasteiger partial charge is 0.399 e. The van der Waals surface area contributed by atoms with Crippen LogP contribution >= 0.6 is 0 Å². The van der Waals surface area contributed by atoms with Gasteiger partial charge in [0.1, 0.15) is 5.82 Å². The van der Waals surface area contributed by atoms with Crippen molar-refractivity contribution in [1.82, 2.24) is 0 Å². The summed E-state index contributed by atoms with van der Waals surface area (Å²) in [7, 11) is 0. The Morgan fingerprint density at radius 2 is 2.18 bits per heavy atom. The molecule has 1 rings (SSSR count). The molecule has 1 aromatic rings. The third-order valence-electron chi connectivity index (χ3n) is 1.32. The van der Waals surface area contributed by atoms with Gasteiger partial charge in [-0.05, 0) is 12.1 Å². The molecule has 4 N–H and O–H groups in total. The zero-order chi connectivity index (χ0) is 8.27. The average molecular weight is 156 g/mol. The first-order valence-corrected chi connectivity index (χ1v) is 3.09. The molecule has 0 fully saturated rings. The van der Waals surface area contributed by atoms with Gasteiger partial charge in [0.2, 0.25) is 0 Å². The minimum atomic E-state index is -0.393. The fraction of sp³-hybridized carbons (Fsp3) is 0.143. The molecule has 0 aliphatic carbocycles. The Bertz CT molecular complexity index is 252. The summed E-state index contributed by atoms with van der Waals surface area (Å²) < 4.78 is 12.8. The molecule has 0 saturated heterocycles. The number of hydrogen-bond donors (Lipinski definition) is 2. The van der Waals surface area contributed by atoms with Gasteiger partial charge in [-0.1, -0.05) is 6.07 Å². The first-order chi connectivity index (χ1) is 5.24. The smallest absolute Gasteiger partial charge is 0.130 e. The van der Waals surface area contributed by atoms with Crippen molar-refractivity contribution in [2.24, 2.45) is 5.90 Å². The SMILES string of the molecule is NOCc1ccc(N)cc1F. The summed E-state index contributed by atoms with van der Waals surface area (Å²) in [6.45, 7) is 0.0616. The lowest BCUT2D eigenvalue weighted by Crippen LogP contribution is -2.01. The van der Waals surface area contributed by atoms with Crippen molar-refractivity contribution in [3.63, 3.8) is 0 Å². The van der Waals surface area contributed by atoms with Gasteiger partial charge in [0.05, 0.1) is 6.61 Å². The van der Waals surface area contributed by atoms with Crippen molar-refractivity contribution >= 4 is 5.69 Å². The Morgan fingerprint density at radius 3 is 2.73 bits per heavy atom. The minimum Gasteiger partial charge on any atom is -0.399 e. The summed E-state index contributed by atoms with van der Waals surface area (Å²) in [5, 5.41) is 0.